The zero-order valence-corrected chi connectivity index (χ0v) is 17.8. The Kier molecular flexibility index (Phi) is 6.22. The van der Waals surface area contributed by atoms with E-state index in [9.17, 15) is 4.79 Å². The Hall–Kier alpha value is -4.46. The molecule has 0 saturated carbocycles. The van der Waals surface area contributed by atoms with Crippen molar-refractivity contribution in [2.45, 2.75) is 13.8 Å². The Morgan fingerprint density at radius 1 is 0.688 bits per heavy atom. The van der Waals surface area contributed by atoms with Crippen LogP contribution in [0.3, 0.4) is 0 Å². The van der Waals surface area contributed by atoms with Crippen LogP contribution < -0.4 is 21.3 Å². The molecular weight excluding hydrogens is 402 g/mol. The number of pyridine rings is 1. The van der Waals surface area contributed by atoms with Crippen molar-refractivity contribution in [2.24, 2.45) is 0 Å². The molecule has 32 heavy (non-hydrogen) atoms. The fourth-order valence-electron chi connectivity index (χ4n) is 3.06. The van der Waals surface area contributed by atoms with Crippen LogP contribution >= 0.6 is 0 Å². The number of amides is 2. The maximum atomic E-state index is 12.2. The molecule has 0 radical (unpaired) electrons. The first kappa shape index (κ1) is 20.8. The van der Waals surface area contributed by atoms with Crippen LogP contribution in [0.5, 0.6) is 0 Å². The molecule has 4 aromatic rings. The molecule has 160 valence electrons. The van der Waals surface area contributed by atoms with Gasteiger partial charge in [-0.2, -0.15) is 0 Å². The highest BCUT2D eigenvalue weighted by molar-refractivity contribution is 5.99. The van der Waals surface area contributed by atoms with Gasteiger partial charge in [-0.1, -0.05) is 18.2 Å². The first-order chi connectivity index (χ1) is 15.5. The van der Waals surface area contributed by atoms with Crippen LogP contribution in [0.1, 0.15) is 11.4 Å². The van der Waals surface area contributed by atoms with E-state index < -0.39 is 0 Å². The Morgan fingerprint density at radius 2 is 1.41 bits per heavy atom. The fourth-order valence-corrected chi connectivity index (χ4v) is 3.06. The van der Waals surface area contributed by atoms with Crippen LogP contribution in [0.25, 0.3) is 0 Å². The third kappa shape index (κ3) is 5.79. The average Bonchev–Trinajstić information content (AvgIpc) is 2.75. The summed E-state index contributed by atoms with van der Waals surface area (Å²) in [6, 6.07) is 22.1. The smallest absolute Gasteiger partial charge is 0.323 e. The summed E-state index contributed by atoms with van der Waals surface area (Å²) in [5, 5.41) is 12.1. The summed E-state index contributed by atoms with van der Waals surface area (Å²) in [6.07, 6.45) is 1.71. The van der Waals surface area contributed by atoms with Crippen LogP contribution in [0.4, 0.5) is 39.3 Å². The van der Waals surface area contributed by atoms with E-state index in [0.717, 1.165) is 16.9 Å². The van der Waals surface area contributed by atoms with Crippen molar-refractivity contribution < 1.29 is 4.79 Å². The molecule has 4 N–H and O–H groups in total. The Labute approximate surface area is 186 Å². The molecule has 2 amide bonds. The van der Waals surface area contributed by atoms with Gasteiger partial charge in [0.05, 0.1) is 0 Å². The van der Waals surface area contributed by atoms with Crippen LogP contribution in [-0.2, 0) is 0 Å². The first-order valence-electron chi connectivity index (χ1n) is 10.1. The van der Waals surface area contributed by atoms with Crippen molar-refractivity contribution in [1.82, 2.24) is 15.0 Å². The van der Waals surface area contributed by atoms with E-state index in [1.165, 1.54) is 0 Å². The van der Waals surface area contributed by atoms with E-state index >= 15 is 0 Å². The minimum Gasteiger partial charge on any atom is -0.340 e. The predicted molar refractivity (Wildman–Crippen MR) is 128 cm³/mol. The molecule has 0 atom stereocenters. The zero-order chi connectivity index (χ0) is 22.3. The average molecular weight is 425 g/mol. The van der Waals surface area contributed by atoms with Gasteiger partial charge in [-0.15, -0.1) is 0 Å². The molecule has 2 heterocycles. The van der Waals surface area contributed by atoms with Crippen molar-refractivity contribution in [3.05, 3.63) is 90.4 Å². The second-order valence-electron chi connectivity index (χ2n) is 7.18. The normalized spacial score (nSPS) is 10.3. The van der Waals surface area contributed by atoms with E-state index in [1.54, 1.807) is 6.20 Å². The maximum absolute atomic E-state index is 12.2. The molecule has 0 saturated heterocycles. The molecule has 8 nitrogen and oxygen atoms in total. The first-order valence-corrected chi connectivity index (χ1v) is 10.1. The van der Waals surface area contributed by atoms with Crippen molar-refractivity contribution in [2.75, 3.05) is 21.3 Å². The van der Waals surface area contributed by atoms with Crippen LogP contribution in [0.15, 0.2) is 79.0 Å². The van der Waals surface area contributed by atoms with Crippen molar-refractivity contribution in [3.63, 3.8) is 0 Å². The van der Waals surface area contributed by atoms with Crippen molar-refractivity contribution in [3.8, 4) is 0 Å². The summed E-state index contributed by atoms with van der Waals surface area (Å²) in [5.74, 6) is 2.62. The number of carbonyl (C=O) groups excluding carboxylic acids is 1. The Balaban J connectivity index is 1.38. The number of carbonyl (C=O) groups is 1. The number of aryl methyl sites for hydroxylation is 2. The molecule has 0 aliphatic rings. The number of benzene rings is 2. The van der Waals surface area contributed by atoms with Gasteiger partial charge in [0, 0.05) is 29.3 Å². The molecule has 0 bridgehead atoms. The van der Waals surface area contributed by atoms with Gasteiger partial charge in [-0.05, 0) is 67.9 Å². The second-order valence-corrected chi connectivity index (χ2v) is 7.18. The molecule has 0 fully saturated rings. The molecular formula is C24H23N7O. The van der Waals surface area contributed by atoms with E-state index in [-0.39, 0.29) is 6.03 Å². The van der Waals surface area contributed by atoms with Crippen molar-refractivity contribution >= 4 is 40.5 Å². The van der Waals surface area contributed by atoms with E-state index in [0.29, 0.717) is 29.0 Å². The summed E-state index contributed by atoms with van der Waals surface area (Å²) < 4.78 is 0. The lowest BCUT2D eigenvalue weighted by Crippen LogP contribution is -2.19. The Bertz CT molecular complexity index is 1210. The lowest BCUT2D eigenvalue weighted by molar-refractivity contribution is 0.262. The van der Waals surface area contributed by atoms with Gasteiger partial charge >= 0.3 is 6.03 Å². The number of hydrogen-bond donors (Lipinski definition) is 4. The van der Waals surface area contributed by atoms with Gasteiger partial charge < -0.3 is 21.3 Å². The molecule has 2 aromatic carbocycles. The quantitative estimate of drug-likeness (QED) is 0.320. The lowest BCUT2D eigenvalue weighted by Gasteiger charge is -2.11. The standard InChI is InChI=1S/C24H23N7O/c1-16-6-5-7-20(14-16)30-24(32)29-19-11-9-18(10-12-19)28-22-15-23(27-17(2)26-22)31-21-8-3-4-13-25-21/h3-15H,1-2H3,(H2,29,30,32)(H2,25,26,27,28,31). The van der Waals surface area contributed by atoms with Crippen LogP contribution in [0, 0.1) is 13.8 Å². The highest BCUT2D eigenvalue weighted by atomic mass is 16.2. The van der Waals surface area contributed by atoms with E-state index in [1.807, 2.05) is 86.6 Å². The largest absolute Gasteiger partial charge is 0.340 e. The van der Waals surface area contributed by atoms with Gasteiger partial charge in [0.15, 0.2) is 0 Å². The van der Waals surface area contributed by atoms with Gasteiger partial charge in [-0.25, -0.2) is 19.7 Å². The number of nitrogens with zero attached hydrogens (tertiary/aromatic N) is 3. The fraction of sp³-hybridized carbons (Fsp3) is 0.0833. The van der Waals surface area contributed by atoms with Gasteiger partial charge in [0.25, 0.3) is 0 Å². The SMILES string of the molecule is Cc1cccc(NC(=O)Nc2ccc(Nc3cc(Nc4ccccn4)nc(C)n3)cc2)c1. The predicted octanol–water partition coefficient (Wildman–Crippen LogP) is 5.62. The monoisotopic (exact) mass is 425 g/mol. The summed E-state index contributed by atoms with van der Waals surface area (Å²) in [4.78, 5) is 25.3. The molecule has 0 unspecified atom stereocenters. The summed E-state index contributed by atoms with van der Waals surface area (Å²) in [5.41, 5.74) is 3.33. The molecule has 0 aliphatic heterocycles. The third-order valence-electron chi connectivity index (χ3n) is 4.45. The van der Waals surface area contributed by atoms with Crippen LogP contribution in [-0.4, -0.2) is 21.0 Å². The van der Waals surface area contributed by atoms with E-state index in [2.05, 4.69) is 36.2 Å². The lowest BCUT2D eigenvalue weighted by atomic mass is 10.2. The zero-order valence-electron chi connectivity index (χ0n) is 17.8. The highest BCUT2D eigenvalue weighted by Gasteiger charge is 2.06. The second kappa shape index (κ2) is 9.57. The Morgan fingerprint density at radius 3 is 2.12 bits per heavy atom. The summed E-state index contributed by atoms with van der Waals surface area (Å²) >= 11 is 0. The number of urea groups is 1. The maximum Gasteiger partial charge on any atom is 0.323 e. The minimum atomic E-state index is -0.298. The van der Waals surface area contributed by atoms with Gasteiger partial charge in [0.1, 0.15) is 23.3 Å². The van der Waals surface area contributed by atoms with Crippen LogP contribution in [0.2, 0.25) is 0 Å². The van der Waals surface area contributed by atoms with Crippen molar-refractivity contribution in [1.29, 1.82) is 0 Å². The third-order valence-corrected chi connectivity index (χ3v) is 4.45. The number of aromatic nitrogens is 3. The number of hydrogen-bond acceptors (Lipinski definition) is 6. The summed E-state index contributed by atoms with van der Waals surface area (Å²) in [7, 11) is 0. The number of nitrogens with one attached hydrogen (secondary N) is 4. The molecule has 0 aliphatic carbocycles. The summed E-state index contributed by atoms with van der Waals surface area (Å²) in [6.45, 7) is 3.81. The minimum absolute atomic E-state index is 0.298. The topological polar surface area (TPSA) is 104 Å². The molecule has 4 rings (SSSR count). The molecule has 0 spiro atoms. The number of rotatable bonds is 6. The molecule has 2 aromatic heterocycles. The van der Waals surface area contributed by atoms with Gasteiger partial charge in [0.2, 0.25) is 0 Å². The highest BCUT2D eigenvalue weighted by Crippen LogP contribution is 2.21. The number of anilines is 6. The van der Waals surface area contributed by atoms with E-state index in [4.69, 9.17) is 0 Å². The van der Waals surface area contributed by atoms with Gasteiger partial charge in [-0.3, -0.25) is 0 Å². The molecule has 8 heteroatoms.